The molecule has 160 valence electrons. The van der Waals surface area contributed by atoms with E-state index in [1.54, 1.807) is 11.3 Å². The highest BCUT2D eigenvalue weighted by molar-refractivity contribution is 7.09. The monoisotopic (exact) mass is 426 g/mol. The van der Waals surface area contributed by atoms with Crippen LogP contribution in [0.4, 0.5) is 4.79 Å². The average Bonchev–Trinajstić information content (AvgIpc) is 3.31. The number of likely N-dealkylation sites (tertiary alicyclic amines) is 1. The van der Waals surface area contributed by atoms with Crippen molar-refractivity contribution in [3.63, 3.8) is 0 Å². The zero-order valence-electron chi connectivity index (χ0n) is 17.8. The van der Waals surface area contributed by atoms with E-state index in [9.17, 15) is 9.59 Å². The maximum Gasteiger partial charge on any atom is 0.327 e. The van der Waals surface area contributed by atoms with Gasteiger partial charge in [0.2, 0.25) is 0 Å². The molecule has 3 amide bonds. The molecule has 0 saturated carbocycles. The SMILES string of the molecule is CC(C)CN1C(=O)N(CCc2ccccc2)C2(CCN(Cc3nccs3)CC2)C1=O. The Morgan fingerprint density at radius 1 is 1.13 bits per heavy atom. The van der Waals surface area contributed by atoms with Crippen molar-refractivity contribution in [1.82, 2.24) is 19.7 Å². The summed E-state index contributed by atoms with van der Waals surface area (Å²) >= 11 is 1.66. The Labute approximate surface area is 182 Å². The molecule has 2 aromatic rings. The van der Waals surface area contributed by atoms with Crippen LogP contribution < -0.4 is 0 Å². The molecule has 0 aliphatic carbocycles. The predicted octanol–water partition coefficient (Wildman–Crippen LogP) is 3.64. The first-order valence-electron chi connectivity index (χ1n) is 10.8. The van der Waals surface area contributed by atoms with Crippen LogP contribution in [-0.2, 0) is 17.8 Å². The van der Waals surface area contributed by atoms with Crippen LogP contribution in [0.25, 0.3) is 0 Å². The van der Waals surface area contributed by atoms with Gasteiger partial charge < -0.3 is 4.90 Å². The number of nitrogens with zero attached hydrogens (tertiary/aromatic N) is 4. The van der Waals surface area contributed by atoms with Crippen molar-refractivity contribution in [2.24, 2.45) is 5.92 Å². The summed E-state index contributed by atoms with van der Waals surface area (Å²) in [5.74, 6) is 0.261. The van der Waals surface area contributed by atoms with Crippen LogP contribution >= 0.6 is 11.3 Å². The van der Waals surface area contributed by atoms with Gasteiger partial charge >= 0.3 is 6.03 Å². The van der Waals surface area contributed by atoms with Crippen LogP contribution in [0.3, 0.4) is 0 Å². The van der Waals surface area contributed by atoms with Gasteiger partial charge in [-0.2, -0.15) is 0 Å². The van der Waals surface area contributed by atoms with Crippen molar-refractivity contribution in [3.8, 4) is 0 Å². The highest BCUT2D eigenvalue weighted by Crippen LogP contribution is 2.38. The number of rotatable bonds is 7. The minimum atomic E-state index is -0.694. The van der Waals surface area contributed by atoms with Gasteiger partial charge in [0.05, 0.1) is 6.54 Å². The Bertz CT molecular complexity index is 861. The van der Waals surface area contributed by atoms with Gasteiger partial charge in [0, 0.05) is 37.8 Å². The van der Waals surface area contributed by atoms with Gasteiger partial charge in [0.1, 0.15) is 10.5 Å². The zero-order chi connectivity index (χ0) is 21.1. The number of carbonyl (C=O) groups excluding carboxylic acids is 2. The first-order chi connectivity index (χ1) is 14.5. The number of benzene rings is 1. The molecule has 0 N–H and O–H groups in total. The largest absolute Gasteiger partial charge is 0.327 e. The number of thiazole rings is 1. The van der Waals surface area contributed by atoms with Crippen molar-refractivity contribution in [2.45, 2.75) is 45.2 Å². The van der Waals surface area contributed by atoms with E-state index in [2.05, 4.69) is 35.9 Å². The fourth-order valence-corrected chi connectivity index (χ4v) is 5.25. The topological polar surface area (TPSA) is 56.8 Å². The fourth-order valence-electron chi connectivity index (χ4n) is 4.59. The van der Waals surface area contributed by atoms with Gasteiger partial charge in [0.25, 0.3) is 5.91 Å². The summed E-state index contributed by atoms with van der Waals surface area (Å²) in [6.07, 6.45) is 3.97. The van der Waals surface area contributed by atoms with Crippen LogP contribution in [0.2, 0.25) is 0 Å². The van der Waals surface area contributed by atoms with Gasteiger partial charge in [-0.05, 0) is 30.7 Å². The maximum atomic E-state index is 13.5. The van der Waals surface area contributed by atoms with E-state index in [4.69, 9.17) is 0 Å². The Balaban J connectivity index is 1.51. The normalized spacial score (nSPS) is 19.4. The number of aromatic nitrogens is 1. The Morgan fingerprint density at radius 2 is 1.87 bits per heavy atom. The first kappa shape index (κ1) is 21.0. The van der Waals surface area contributed by atoms with E-state index in [1.807, 2.05) is 34.7 Å². The molecule has 7 heteroatoms. The number of carbonyl (C=O) groups is 2. The lowest BCUT2D eigenvalue weighted by Crippen LogP contribution is -2.56. The minimum absolute atomic E-state index is 0.00293. The van der Waals surface area contributed by atoms with Crippen LogP contribution in [-0.4, -0.2) is 63.3 Å². The molecule has 0 atom stereocenters. The first-order valence-corrected chi connectivity index (χ1v) is 11.7. The lowest BCUT2D eigenvalue weighted by molar-refractivity contribution is -0.136. The predicted molar refractivity (Wildman–Crippen MR) is 118 cm³/mol. The van der Waals surface area contributed by atoms with Crippen molar-refractivity contribution < 1.29 is 9.59 Å². The molecule has 1 spiro atoms. The third-order valence-electron chi connectivity index (χ3n) is 6.16. The smallest absolute Gasteiger partial charge is 0.309 e. The standard InChI is InChI=1S/C23H30N4O2S/c1-18(2)16-26-21(28)23(9-13-25(14-10-23)17-20-24-11-15-30-20)27(22(26)29)12-8-19-6-4-3-5-7-19/h3-7,11,15,18H,8-10,12-14,16-17H2,1-2H3. The molecule has 4 rings (SSSR count). The second-order valence-corrected chi connectivity index (χ2v) is 9.69. The van der Waals surface area contributed by atoms with Gasteiger partial charge in [-0.1, -0.05) is 44.2 Å². The van der Waals surface area contributed by atoms with Crippen molar-refractivity contribution in [1.29, 1.82) is 0 Å². The number of amides is 3. The number of hydrogen-bond acceptors (Lipinski definition) is 5. The molecule has 2 aliphatic heterocycles. The number of hydrogen-bond donors (Lipinski definition) is 0. The van der Waals surface area contributed by atoms with Gasteiger partial charge in [-0.3, -0.25) is 14.6 Å². The third-order valence-corrected chi connectivity index (χ3v) is 6.93. The molecular weight excluding hydrogens is 396 g/mol. The minimum Gasteiger partial charge on any atom is -0.309 e. The lowest BCUT2D eigenvalue weighted by atomic mass is 9.85. The summed E-state index contributed by atoms with van der Waals surface area (Å²) in [5.41, 5.74) is 0.497. The number of imide groups is 1. The summed E-state index contributed by atoms with van der Waals surface area (Å²) in [5, 5.41) is 3.09. The van der Waals surface area contributed by atoms with Crippen molar-refractivity contribution >= 4 is 23.3 Å². The number of piperidine rings is 1. The molecule has 0 unspecified atom stereocenters. The number of urea groups is 1. The molecule has 0 radical (unpaired) electrons. The lowest BCUT2D eigenvalue weighted by Gasteiger charge is -2.42. The van der Waals surface area contributed by atoms with Gasteiger partial charge in [-0.15, -0.1) is 11.3 Å². The summed E-state index contributed by atoms with van der Waals surface area (Å²) < 4.78 is 0. The fraction of sp³-hybridized carbons (Fsp3) is 0.522. The Hall–Kier alpha value is -2.25. The van der Waals surface area contributed by atoms with E-state index >= 15 is 0 Å². The second kappa shape index (κ2) is 8.86. The maximum absolute atomic E-state index is 13.5. The van der Waals surface area contributed by atoms with Gasteiger partial charge in [-0.25, -0.2) is 9.78 Å². The van der Waals surface area contributed by atoms with E-state index in [1.165, 1.54) is 10.5 Å². The average molecular weight is 427 g/mol. The van der Waals surface area contributed by atoms with Crippen LogP contribution in [0.5, 0.6) is 0 Å². The third kappa shape index (κ3) is 4.14. The molecule has 3 heterocycles. The molecule has 30 heavy (non-hydrogen) atoms. The molecule has 0 bridgehead atoms. The van der Waals surface area contributed by atoms with Crippen LogP contribution in [0, 0.1) is 5.92 Å². The van der Waals surface area contributed by atoms with E-state index < -0.39 is 5.54 Å². The highest BCUT2D eigenvalue weighted by Gasteiger charge is 2.57. The molecule has 1 aromatic heterocycles. The summed E-state index contributed by atoms with van der Waals surface area (Å²) in [4.78, 5) is 36.9. The zero-order valence-corrected chi connectivity index (χ0v) is 18.6. The molecule has 2 aliphatic rings. The van der Waals surface area contributed by atoms with E-state index in [0.29, 0.717) is 25.9 Å². The van der Waals surface area contributed by atoms with Crippen LogP contribution in [0.1, 0.15) is 37.3 Å². The van der Waals surface area contributed by atoms with Gasteiger partial charge in [0.15, 0.2) is 0 Å². The van der Waals surface area contributed by atoms with Crippen LogP contribution in [0.15, 0.2) is 41.9 Å². The summed E-state index contributed by atoms with van der Waals surface area (Å²) in [7, 11) is 0. The summed E-state index contributed by atoms with van der Waals surface area (Å²) in [6, 6.07) is 10.1. The molecule has 2 saturated heterocycles. The van der Waals surface area contributed by atoms with E-state index in [0.717, 1.165) is 31.1 Å². The highest BCUT2D eigenvalue weighted by atomic mass is 32.1. The Kier molecular flexibility index (Phi) is 6.20. The molecule has 1 aromatic carbocycles. The molecule has 2 fully saturated rings. The second-order valence-electron chi connectivity index (χ2n) is 8.71. The molecular formula is C23H30N4O2S. The summed E-state index contributed by atoms with van der Waals surface area (Å²) in [6.45, 7) is 7.59. The van der Waals surface area contributed by atoms with E-state index in [-0.39, 0.29) is 17.9 Å². The van der Waals surface area contributed by atoms with Crippen molar-refractivity contribution in [2.75, 3.05) is 26.2 Å². The van der Waals surface area contributed by atoms with Crippen molar-refractivity contribution in [3.05, 3.63) is 52.5 Å². The molecule has 6 nitrogen and oxygen atoms in total. The quantitative estimate of drug-likeness (QED) is 0.635. The Morgan fingerprint density at radius 3 is 2.50 bits per heavy atom.